The van der Waals surface area contributed by atoms with Crippen molar-refractivity contribution in [3.63, 3.8) is 0 Å². The lowest BCUT2D eigenvalue weighted by atomic mass is 9.97. The fraction of sp³-hybridized carbons (Fsp3) is 0.692. The summed E-state index contributed by atoms with van der Waals surface area (Å²) >= 11 is 5.27. The van der Waals surface area contributed by atoms with Gasteiger partial charge in [-0.15, -0.1) is 0 Å². The Labute approximate surface area is 98.7 Å². The molecule has 0 bridgehead atoms. The molecule has 0 radical (unpaired) electrons. The predicted molar refractivity (Wildman–Crippen MR) is 71.7 cm³/mol. The maximum atomic E-state index is 5.27. The number of hydrogen-bond acceptors (Lipinski definition) is 2. The highest BCUT2D eigenvalue weighted by Gasteiger charge is 2.11. The lowest BCUT2D eigenvalue weighted by molar-refractivity contribution is 0.582. The van der Waals surface area contributed by atoms with E-state index in [1.807, 2.05) is 12.3 Å². The number of hydrogen-bond donors (Lipinski definition) is 0. The molecule has 0 aromatic carbocycles. The zero-order valence-corrected chi connectivity index (χ0v) is 10.4. The number of thiocarbonyl (C=S) groups is 1. The van der Waals surface area contributed by atoms with Gasteiger partial charge >= 0.3 is 0 Å². The van der Waals surface area contributed by atoms with Crippen LogP contribution in [0.2, 0.25) is 0 Å². The Morgan fingerprint density at radius 1 is 1.20 bits per heavy atom. The van der Waals surface area contributed by atoms with Gasteiger partial charge in [0.15, 0.2) is 0 Å². The minimum atomic E-state index is 0.427. The minimum Gasteiger partial charge on any atom is -0.268 e. The van der Waals surface area contributed by atoms with Crippen LogP contribution in [0.25, 0.3) is 0 Å². The lowest BCUT2D eigenvalue weighted by Gasteiger charge is -2.12. The fourth-order valence-corrected chi connectivity index (χ4v) is 2.07. The van der Waals surface area contributed by atoms with Gasteiger partial charge in [0.1, 0.15) is 0 Å². The normalized spacial score (nSPS) is 19.8. The Morgan fingerprint density at radius 3 is 2.67 bits per heavy atom. The van der Waals surface area contributed by atoms with Gasteiger partial charge in [0.05, 0.1) is 0 Å². The van der Waals surface area contributed by atoms with Crippen LogP contribution < -0.4 is 0 Å². The number of unbranched alkanes of at least 4 members (excludes halogenated alkanes) is 5. The first-order chi connectivity index (χ1) is 7.34. The molecule has 0 aromatic heterocycles. The summed E-state index contributed by atoms with van der Waals surface area (Å²) in [4.78, 5) is 5.20. The number of nitrogens with zero attached hydrogens (tertiary/aromatic N) is 1. The third kappa shape index (κ3) is 5.22. The third-order valence-electron chi connectivity index (χ3n) is 2.83. The summed E-state index contributed by atoms with van der Waals surface area (Å²) in [7, 11) is 0. The van der Waals surface area contributed by atoms with Gasteiger partial charge in [-0.2, -0.15) is 0 Å². The number of aliphatic imine (C=N–C) groups is 1. The Morgan fingerprint density at radius 2 is 1.93 bits per heavy atom. The SMILES string of the molecule is CCCCCCCCC1C=NC=CC1=S. The molecule has 1 aliphatic heterocycles. The van der Waals surface area contributed by atoms with Crippen molar-refractivity contribution in [1.29, 1.82) is 0 Å². The van der Waals surface area contributed by atoms with Gasteiger partial charge < -0.3 is 0 Å². The van der Waals surface area contributed by atoms with Gasteiger partial charge in [-0.25, -0.2) is 0 Å². The predicted octanol–water partition coefficient (Wildman–Crippen LogP) is 4.32. The average molecular weight is 223 g/mol. The molecule has 0 aromatic rings. The van der Waals surface area contributed by atoms with E-state index in [0.717, 1.165) is 4.86 Å². The molecule has 1 heterocycles. The van der Waals surface area contributed by atoms with Gasteiger partial charge in [0, 0.05) is 23.2 Å². The smallest absolute Gasteiger partial charge is 0.0296 e. The van der Waals surface area contributed by atoms with E-state index in [4.69, 9.17) is 12.2 Å². The molecule has 0 saturated carbocycles. The van der Waals surface area contributed by atoms with E-state index in [9.17, 15) is 0 Å². The highest BCUT2D eigenvalue weighted by Crippen LogP contribution is 2.15. The van der Waals surface area contributed by atoms with Crippen molar-refractivity contribution in [2.45, 2.75) is 51.9 Å². The van der Waals surface area contributed by atoms with Gasteiger partial charge in [-0.05, 0) is 12.5 Å². The van der Waals surface area contributed by atoms with Crippen LogP contribution in [-0.2, 0) is 0 Å². The summed E-state index contributed by atoms with van der Waals surface area (Å²) in [6.45, 7) is 2.25. The molecular formula is C13H21NS. The molecule has 0 saturated heterocycles. The molecule has 0 amide bonds. The van der Waals surface area contributed by atoms with E-state index >= 15 is 0 Å². The van der Waals surface area contributed by atoms with Crippen LogP contribution >= 0.6 is 12.2 Å². The second kappa shape index (κ2) is 7.75. The molecule has 0 fully saturated rings. The lowest BCUT2D eigenvalue weighted by Crippen LogP contribution is -2.13. The van der Waals surface area contributed by atoms with Crippen LogP contribution in [0.15, 0.2) is 17.3 Å². The first-order valence-electron chi connectivity index (χ1n) is 6.08. The zero-order chi connectivity index (χ0) is 10.9. The van der Waals surface area contributed by atoms with Crippen LogP contribution in [0.1, 0.15) is 51.9 Å². The van der Waals surface area contributed by atoms with Crippen LogP contribution in [0.5, 0.6) is 0 Å². The van der Waals surface area contributed by atoms with E-state index in [-0.39, 0.29) is 0 Å². The maximum absolute atomic E-state index is 5.27. The molecule has 1 unspecified atom stereocenters. The summed E-state index contributed by atoms with van der Waals surface area (Å²) in [5, 5.41) is 0. The molecule has 84 valence electrons. The van der Waals surface area contributed by atoms with E-state index in [0.29, 0.717) is 5.92 Å². The topological polar surface area (TPSA) is 12.4 Å². The standard InChI is InChI=1S/C13H21NS/c1-2-3-4-5-6-7-8-12-11-14-10-9-13(12)15/h9-12H,2-8H2,1H3. The van der Waals surface area contributed by atoms with Crippen molar-refractivity contribution in [1.82, 2.24) is 0 Å². The monoisotopic (exact) mass is 223 g/mol. The van der Waals surface area contributed by atoms with Crippen LogP contribution in [-0.4, -0.2) is 11.1 Å². The van der Waals surface area contributed by atoms with Crippen molar-refractivity contribution in [3.8, 4) is 0 Å². The van der Waals surface area contributed by atoms with Crippen LogP contribution in [0.4, 0.5) is 0 Å². The molecule has 2 heteroatoms. The minimum absolute atomic E-state index is 0.427. The highest BCUT2D eigenvalue weighted by atomic mass is 32.1. The van der Waals surface area contributed by atoms with Crippen molar-refractivity contribution in [2.24, 2.45) is 10.9 Å². The van der Waals surface area contributed by atoms with E-state index in [1.54, 1.807) is 6.20 Å². The first-order valence-corrected chi connectivity index (χ1v) is 6.49. The molecule has 0 N–H and O–H groups in total. The Bertz CT molecular complexity index is 243. The van der Waals surface area contributed by atoms with Crippen LogP contribution in [0, 0.1) is 5.92 Å². The molecule has 1 rings (SSSR count). The van der Waals surface area contributed by atoms with E-state index in [1.165, 1.54) is 44.9 Å². The molecule has 15 heavy (non-hydrogen) atoms. The van der Waals surface area contributed by atoms with Crippen LogP contribution in [0.3, 0.4) is 0 Å². The Hall–Kier alpha value is -0.500. The largest absolute Gasteiger partial charge is 0.268 e. The molecule has 1 nitrogen and oxygen atoms in total. The molecule has 0 spiro atoms. The maximum Gasteiger partial charge on any atom is 0.0296 e. The summed E-state index contributed by atoms with van der Waals surface area (Å²) < 4.78 is 0. The number of allylic oxidation sites excluding steroid dienone is 1. The quantitative estimate of drug-likeness (QED) is 0.462. The van der Waals surface area contributed by atoms with Gasteiger partial charge in [-0.3, -0.25) is 4.99 Å². The van der Waals surface area contributed by atoms with Crippen molar-refractivity contribution >= 4 is 23.3 Å². The molecular weight excluding hydrogens is 202 g/mol. The van der Waals surface area contributed by atoms with Gasteiger partial charge in [0.2, 0.25) is 0 Å². The fourth-order valence-electron chi connectivity index (χ4n) is 1.83. The van der Waals surface area contributed by atoms with Gasteiger partial charge in [-0.1, -0.05) is 57.7 Å². The molecule has 1 aliphatic rings. The molecule has 1 atom stereocenters. The molecule has 0 aliphatic carbocycles. The average Bonchev–Trinajstić information content (AvgIpc) is 2.25. The first kappa shape index (κ1) is 12.6. The van der Waals surface area contributed by atoms with Crippen molar-refractivity contribution < 1.29 is 0 Å². The summed E-state index contributed by atoms with van der Waals surface area (Å²) in [6.07, 6.45) is 15.0. The Kier molecular flexibility index (Phi) is 6.49. The summed E-state index contributed by atoms with van der Waals surface area (Å²) in [5.74, 6) is 0.427. The van der Waals surface area contributed by atoms with E-state index in [2.05, 4.69) is 11.9 Å². The second-order valence-electron chi connectivity index (χ2n) is 4.18. The highest BCUT2D eigenvalue weighted by molar-refractivity contribution is 7.80. The van der Waals surface area contributed by atoms with Crippen molar-refractivity contribution in [2.75, 3.05) is 0 Å². The second-order valence-corrected chi connectivity index (χ2v) is 4.65. The number of rotatable bonds is 7. The van der Waals surface area contributed by atoms with Crippen molar-refractivity contribution in [3.05, 3.63) is 12.3 Å². The summed E-state index contributed by atoms with van der Waals surface area (Å²) in [5.41, 5.74) is 0. The zero-order valence-electron chi connectivity index (χ0n) is 9.61. The van der Waals surface area contributed by atoms with Gasteiger partial charge in [0.25, 0.3) is 0 Å². The van der Waals surface area contributed by atoms with E-state index < -0.39 is 0 Å². The Balaban J connectivity index is 2.02. The summed E-state index contributed by atoms with van der Waals surface area (Å²) in [6, 6.07) is 0. The third-order valence-corrected chi connectivity index (χ3v) is 3.26.